The minimum atomic E-state index is -0.993. The van der Waals surface area contributed by atoms with Crippen molar-refractivity contribution in [1.29, 1.82) is 0 Å². The second kappa shape index (κ2) is 18.6. The molecule has 0 spiro atoms. The van der Waals surface area contributed by atoms with E-state index in [4.69, 9.17) is 0 Å². The number of hydrogen-bond acceptors (Lipinski definition) is 9. The maximum atomic E-state index is 13.9. The van der Waals surface area contributed by atoms with E-state index in [2.05, 4.69) is 37.4 Å². The molecular formula is C39H49N9O5S. The first-order valence-corrected chi connectivity index (χ1v) is 19.0. The lowest BCUT2D eigenvalue weighted by Gasteiger charge is -2.29. The molecule has 54 heavy (non-hydrogen) atoms. The van der Waals surface area contributed by atoms with Crippen LogP contribution in [0, 0.1) is 5.92 Å². The van der Waals surface area contributed by atoms with Gasteiger partial charge in [0.05, 0.1) is 19.1 Å². The summed E-state index contributed by atoms with van der Waals surface area (Å²) in [6.07, 6.45) is 4.07. The minimum absolute atomic E-state index is 0.0169. The van der Waals surface area contributed by atoms with Crippen molar-refractivity contribution in [1.82, 2.24) is 45.8 Å². The Hall–Kier alpha value is -5.41. The fourth-order valence-electron chi connectivity index (χ4n) is 6.17. The van der Waals surface area contributed by atoms with Crippen LogP contribution in [0.1, 0.15) is 65.9 Å². The Morgan fingerprint density at radius 3 is 2.24 bits per heavy atom. The van der Waals surface area contributed by atoms with E-state index in [0.717, 1.165) is 16.7 Å². The standard InChI is InChI=1S/C39H49N9O5S/c1-25(2)34-37(52)42-27(4)39(53)46(5)17-18-47(21-29-13-9-14-30(19-29)22-48-16-10-15-40-48)23-33(49)43-31(20-28-11-7-6-8-12-28)38-44-32(24-54-38)36(51)41-26(3)35(50)45-34/h6-16,19,24-27,31,34H,17-18,20-23H2,1-5H3,(H,41,51)(H,42,52)(H,43,49)(H,45,50)/t26-,27+,31-,34-/m0/s1. The van der Waals surface area contributed by atoms with E-state index in [-0.39, 0.29) is 36.5 Å². The Morgan fingerprint density at radius 1 is 0.815 bits per heavy atom. The molecule has 0 unspecified atom stereocenters. The molecule has 4 atom stereocenters. The summed E-state index contributed by atoms with van der Waals surface area (Å²) in [5.74, 6) is -2.52. The number of thiazole rings is 1. The van der Waals surface area contributed by atoms with E-state index in [1.54, 1.807) is 39.4 Å². The van der Waals surface area contributed by atoms with Crippen molar-refractivity contribution in [3.8, 4) is 0 Å². The molecule has 15 heteroatoms. The van der Waals surface area contributed by atoms with Crippen molar-refractivity contribution in [2.24, 2.45) is 5.92 Å². The van der Waals surface area contributed by atoms with Gasteiger partial charge in [-0.2, -0.15) is 5.10 Å². The normalized spacial score (nSPS) is 21.5. The molecule has 5 rings (SSSR count). The van der Waals surface area contributed by atoms with Crippen LogP contribution in [-0.2, 0) is 38.7 Å². The average Bonchev–Trinajstić information content (AvgIpc) is 3.85. The Labute approximate surface area is 319 Å². The molecule has 1 aliphatic rings. The molecule has 2 aromatic heterocycles. The van der Waals surface area contributed by atoms with Gasteiger partial charge < -0.3 is 26.2 Å². The highest BCUT2D eigenvalue weighted by Crippen LogP contribution is 2.23. The molecule has 3 heterocycles. The number of nitrogens with zero attached hydrogens (tertiary/aromatic N) is 5. The molecule has 4 N–H and O–H groups in total. The molecule has 0 aliphatic carbocycles. The fraction of sp³-hybridized carbons (Fsp3) is 0.410. The number of likely N-dealkylation sites (N-methyl/N-ethyl adjacent to an activating group) is 1. The SMILES string of the molecule is CC(C)[C@@H]1NC(=O)[C@H](C)NC(=O)c2csc(n2)[C@H](Cc2ccccc2)NC(=O)CN(Cc2cccc(Cn3cccn3)c2)CCN(C)C(=O)[C@@H](C)NC1=O. The molecule has 1 aliphatic heterocycles. The van der Waals surface area contributed by atoms with Gasteiger partial charge in [0.25, 0.3) is 5.91 Å². The van der Waals surface area contributed by atoms with Gasteiger partial charge in [0.15, 0.2) is 0 Å². The summed E-state index contributed by atoms with van der Waals surface area (Å²) in [6, 6.07) is 16.3. The first kappa shape index (κ1) is 39.8. The summed E-state index contributed by atoms with van der Waals surface area (Å²) in [5.41, 5.74) is 3.12. The van der Waals surface area contributed by atoms with Gasteiger partial charge in [-0.3, -0.25) is 33.6 Å². The maximum Gasteiger partial charge on any atom is 0.271 e. The summed E-state index contributed by atoms with van der Waals surface area (Å²) >= 11 is 1.25. The van der Waals surface area contributed by atoms with Crippen molar-refractivity contribution in [3.63, 3.8) is 0 Å². The van der Waals surface area contributed by atoms with Gasteiger partial charge >= 0.3 is 0 Å². The number of rotatable bonds is 7. The van der Waals surface area contributed by atoms with Crippen molar-refractivity contribution in [2.75, 3.05) is 26.7 Å². The molecule has 0 saturated carbocycles. The number of carbonyl (C=O) groups is 5. The minimum Gasteiger partial charge on any atom is -0.345 e. The van der Waals surface area contributed by atoms with Crippen molar-refractivity contribution in [2.45, 2.75) is 71.4 Å². The second-order valence-electron chi connectivity index (χ2n) is 14.0. The van der Waals surface area contributed by atoms with Crippen LogP contribution in [0.25, 0.3) is 0 Å². The van der Waals surface area contributed by atoms with Gasteiger partial charge in [-0.05, 0) is 48.9 Å². The lowest BCUT2D eigenvalue weighted by Crippen LogP contribution is -2.57. The van der Waals surface area contributed by atoms with E-state index in [0.29, 0.717) is 31.1 Å². The van der Waals surface area contributed by atoms with Crippen LogP contribution in [0.3, 0.4) is 0 Å². The first-order chi connectivity index (χ1) is 25.9. The molecule has 286 valence electrons. The van der Waals surface area contributed by atoms with Gasteiger partial charge in [0.2, 0.25) is 23.6 Å². The molecule has 0 fully saturated rings. The van der Waals surface area contributed by atoms with E-state index < -0.39 is 41.9 Å². The number of hydrogen-bond donors (Lipinski definition) is 4. The Balaban J connectivity index is 1.44. The second-order valence-corrected chi connectivity index (χ2v) is 14.9. The molecule has 4 aromatic rings. The number of carbonyl (C=O) groups excluding carboxylic acids is 5. The van der Waals surface area contributed by atoms with Crippen LogP contribution in [0.4, 0.5) is 0 Å². The predicted molar refractivity (Wildman–Crippen MR) is 205 cm³/mol. The quantitative estimate of drug-likeness (QED) is 0.223. The third-order valence-electron chi connectivity index (χ3n) is 9.18. The van der Waals surface area contributed by atoms with Crippen LogP contribution < -0.4 is 21.3 Å². The van der Waals surface area contributed by atoms with E-state index in [1.165, 1.54) is 23.2 Å². The highest BCUT2D eigenvalue weighted by molar-refractivity contribution is 7.09. The molecule has 0 saturated heterocycles. The topological polar surface area (TPSA) is 171 Å². The largest absolute Gasteiger partial charge is 0.345 e. The van der Waals surface area contributed by atoms with Crippen LogP contribution in [-0.4, -0.2) is 98.9 Å². The molecule has 14 nitrogen and oxygen atoms in total. The van der Waals surface area contributed by atoms with E-state index >= 15 is 0 Å². The van der Waals surface area contributed by atoms with Crippen molar-refractivity contribution < 1.29 is 24.0 Å². The van der Waals surface area contributed by atoms with Gasteiger partial charge in [-0.15, -0.1) is 11.3 Å². The Bertz CT molecular complexity index is 1900. The zero-order chi connectivity index (χ0) is 38.8. The summed E-state index contributed by atoms with van der Waals surface area (Å²) in [5, 5.41) is 17.8. The molecular weight excluding hydrogens is 707 g/mol. The van der Waals surface area contributed by atoms with Gasteiger partial charge in [-0.1, -0.05) is 68.4 Å². The number of fused-ring (bicyclic) bond motifs is 2. The molecule has 2 aromatic carbocycles. The highest BCUT2D eigenvalue weighted by atomic mass is 32.1. The monoisotopic (exact) mass is 755 g/mol. The summed E-state index contributed by atoms with van der Waals surface area (Å²) in [6.45, 7) is 8.35. The highest BCUT2D eigenvalue weighted by Gasteiger charge is 2.31. The number of benzene rings is 2. The zero-order valence-corrected chi connectivity index (χ0v) is 32.1. The van der Waals surface area contributed by atoms with Crippen LogP contribution >= 0.6 is 11.3 Å². The maximum absolute atomic E-state index is 13.9. The number of nitrogens with one attached hydrogen (secondary N) is 4. The van der Waals surface area contributed by atoms with Crippen LogP contribution in [0.15, 0.2) is 78.4 Å². The summed E-state index contributed by atoms with van der Waals surface area (Å²) in [7, 11) is 1.66. The zero-order valence-electron chi connectivity index (χ0n) is 31.3. The van der Waals surface area contributed by atoms with E-state index in [9.17, 15) is 24.0 Å². The molecule has 2 bridgehead atoms. The Morgan fingerprint density at radius 2 is 1.54 bits per heavy atom. The van der Waals surface area contributed by atoms with Gasteiger partial charge in [0, 0.05) is 44.5 Å². The van der Waals surface area contributed by atoms with E-state index in [1.807, 2.05) is 70.4 Å². The Kier molecular flexibility index (Phi) is 13.7. The lowest BCUT2D eigenvalue weighted by molar-refractivity contribution is -0.136. The van der Waals surface area contributed by atoms with Crippen LogP contribution in [0.2, 0.25) is 0 Å². The average molecular weight is 756 g/mol. The van der Waals surface area contributed by atoms with Crippen molar-refractivity contribution >= 4 is 40.9 Å². The number of aromatic nitrogens is 3. The predicted octanol–water partition coefficient (Wildman–Crippen LogP) is 2.53. The summed E-state index contributed by atoms with van der Waals surface area (Å²) < 4.78 is 1.84. The fourth-order valence-corrected chi connectivity index (χ4v) is 7.02. The smallest absolute Gasteiger partial charge is 0.271 e. The van der Waals surface area contributed by atoms with Gasteiger partial charge in [0.1, 0.15) is 28.8 Å². The van der Waals surface area contributed by atoms with Gasteiger partial charge in [-0.25, -0.2) is 4.98 Å². The molecule has 0 radical (unpaired) electrons. The molecule has 5 amide bonds. The third kappa shape index (κ3) is 11.1. The first-order valence-electron chi connectivity index (χ1n) is 18.1. The number of amides is 5. The lowest BCUT2D eigenvalue weighted by atomic mass is 10.0. The van der Waals surface area contributed by atoms with Crippen molar-refractivity contribution in [3.05, 3.63) is 106 Å². The summed E-state index contributed by atoms with van der Waals surface area (Å²) in [4.78, 5) is 75.4. The van der Waals surface area contributed by atoms with Crippen LogP contribution in [0.5, 0.6) is 0 Å². The third-order valence-corrected chi connectivity index (χ3v) is 10.1.